The Morgan fingerprint density at radius 2 is 2.45 bits per heavy atom. The highest BCUT2D eigenvalue weighted by Gasteiger charge is 2.08. The molecule has 0 heterocycles. The van der Waals surface area contributed by atoms with Gasteiger partial charge in [-0.05, 0) is 25.2 Å². The third-order valence-electron chi connectivity index (χ3n) is 1.97. The summed E-state index contributed by atoms with van der Waals surface area (Å²) in [5, 5.41) is 0. The summed E-state index contributed by atoms with van der Waals surface area (Å²) in [6.07, 6.45) is 10.0. The fourth-order valence-corrected chi connectivity index (χ4v) is 1.33. The van der Waals surface area contributed by atoms with Crippen LogP contribution in [0.4, 0.5) is 0 Å². The van der Waals surface area contributed by atoms with Gasteiger partial charge in [0.15, 0.2) is 0 Å². The zero-order valence-corrected chi connectivity index (χ0v) is 6.96. The Morgan fingerprint density at radius 1 is 1.55 bits per heavy atom. The summed E-state index contributed by atoms with van der Waals surface area (Å²) < 4.78 is 5.37. The maximum absolute atomic E-state index is 5.37. The molecule has 0 N–H and O–H groups in total. The molecule has 1 atom stereocenters. The molecule has 1 aliphatic rings. The van der Waals surface area contributed by atoms with Crippen LogP contribution in [-0.2, 0) is 4.74 Å². The molecule has 1 nitrogen and oxygen atoms in total. The van der Waals surface area contributed by atoms with Gasteiger partial charge in [-0.2, -0.15) is 0 Å². The predicted octanol–water partition coefficient (Wildman–Crippen LogP) is 2.55. The van der Waals surface area contributed by atoms with E-state index in [0.29, 0.717) is 6.61 Å². The van der Waals surface area contributed by atoms with Crippen LogP contribution in [-0.4, -0.2) is 13.2 Å². The molecule has 0 aromatic carbocycles. The molecular formula is C10H16O. The molecule has 1 heteroatoms. The van der Waals surface area contributed by atoms with Crippen molar-refractivity contribution >= 4 is 0 Å². The highest BCUT2D eigenvalue weighted by molar-refractivity contribution is 4.89. The maximum atomic E-state index is 5.37. The van der Waals surface area contributed by atoms with Crippen LogP contribution in [0.2, 0.25) is 0 Å². The zero-order valence-electron chi connectivity index (χ0n) is 6.96. The van der Waals surface area contributed by atoms with Crippen LogP contribution < -0.4 is 0 Å². The predicted molar refractivity (Wildman–Crippen MR) is 47.5 cm³/mol. The summed E-state index contributed by atoms with van der Waals surface area (Å²) in [7, 11) is 0. The number of ether oxygens (including phenoxy) is 1. The van der Waals surface area contributed by atoms with Crippen LogP contribution in [0.3, 0.4) is 0 Å². The number of hydrogen-bond acceptors (Lipinski definition) is 1. The first-order valence-corrected chi connectivity index (χ1v) is 4.27. The largest absolute Gasteiger partial charge is 0.377 e. The lowest BCUT2D eigenvalue weighted by molar-refractivity contribution is 0.119. The molecule has 0 saturated heterocycles. The Balaban J connectivity index is 2.06. The maximum Gasteiger partial charge on any atom is 0.0644 e. The Hall–Kier alpha value is -0.560. The first kappa shape index (κ1) is 8.54. The van der Waals surface area contributed by atoms with Gasteiger partial charge >= 0.3 is 0 Å². The first-order valence-electron chi connectivity index (χ1n) is 4.27. The second-order valence-electron chi connectivity index (χ2n) is 2.98. The second-order valence-corrected chi connectivity index (χ2v) is 2.98. The molecule has 0 aromatic heterocycles. The standard InChI is InChI=1S/C10H16O/c1-2-8-11-9-10-6-4-3-5-7-10/h2-4,10H,1,5-9H2. The van der Waals surface area contributed by atoms with Gasteiger partial charge in [0.1, 0.15) is 0 Å². The molecule has 0 radical (unpaired) electrons. The molecule has 1 rings (SSSR count). The molecule has 0 bridgehead atoms. The minimum atomic E-state index is 0.695. The lowest BCUT2D eigenvalue weighted by Gasteiger charge is -2.16. The summed E-state index contributed by atoms with van der Waals surface area (Å²) in [6, 6.07) is 0. The van der Waals surface area contributed by atoms with Gasteiger partial charge < -0.3 is 4.74 Å². The Labute approximate surface area is 68.8 Å². The fraction of sp³-hybridized carbons (Fsp3) is 0.600. The highest BCUT2D eigenvalue weighted by atomic mass is 16.5. The molecule has 62 valence electrons. The van der Waals surface area contributed by atoms with Gasteiger partial charge in [0.25, 0.3) is 0 Å². The molecule has 1 unspecified atom stereocenters. The topological polar surface area (TPSA) is 9.23 Å². The van der Waals surface area contributed by atoms with E-state index in [9.17, 15) is 0 Å². The Bertz CT molecular complexity index is 138. The van der Waals surface area contributed by atoms with E-state index in [2.05, 4.69) is 18.7 Å². The average molecular weight is 152 g/mol. The van der Waals surface area contributed by atoms with Gasteiger partial charge in [-0.15, -0.1) is 6.58 Å². The van der Waals surface area contributed by atoms with Crippen molar-refractivity contribution in [2.75, 3.05) is 13.2 Å². The zero-order chi connectivity index (χ0) is 7.94. The molecule has 0 spiro atoms. The Morgan fingerprint density at radius 3 is 3.09 bits per heavy atom. The Kier molecular flexibility index (Phi) is 3.99. The lowest BCUT2D eigenvalue weighted by Crippen LogP contribution is -2.10. The van der Waals surface area contributed by atoms with Crippen LogP contribution >= 0.6 is 0 Å². The van der Waals surface area contributed by atoms with Gasteiger partial charge in [-0.25, -0.2) is 0 Å². The normalized spacial score (nSPS) is 23.5. The van der Waals surface area contributed by atoms with Crippen LogP contribution in [0, 0.1) is 5.92 Å². The van der Waals surface area contributed by atoms with E-state index in [1.807, 2.05) is 0 Å². The number of hydrogen-bond donors (Lipinski definition) is 0. The van der Waals surface area contributed by atoms with Crippen molar-refractivity contribution in [2.45, 2.75) is 19.3 Å². The van der Waals surface area contributed by atoms with Crippen molar-refractivity contribution in [1.82, 2.24) is 0 Å². The molecule has 0 saturated carbocycles. The van der Waals surface area contributed by atoms with E-state index >= 15 is 0 Å². The summed E-state index contributed by atoms with van der Waals surface area (Å²) in [4.78, 5) is 0. The smallest absolute Gasteiger partial charge is 0.0644 e. The summed E-state index contributed by atoms with van der Waals surface area (Å²) >= 11 is 0. The van der Waals surface area contributed by atoms with Gasteiger partial charge in [0, 0.05) is 0 Å². The van der Waals surface area contributed by atoms with Crippen LogP contribution in [0.15, 0.2) is 24.8 Å². The summed E-state index contributed by atoms with van der Waals surface area (Å²) in [5.41, 5.74) is 0. The molecule has 0 aliphatic heterocycles. The van der Waals surface area contributed by atoms with Crippen molar-refractivity contribution in [3.05, 3.63) is 24.8 Å². The third kappa shape index (κ3) is 3.38. The molecule has 11 heavy (non-hydrogen) atoms. The van der Waals surface area contributed by atoms with Crippen LogP contribution in [0.5, 0.6) is 0 Å². The van der Waals surface area contributed by atoms with Crippen LogP contribution in [0.25, 0.3) is 0 Å². The summed E-state index contributed by atoms with van der Waals surface area (Å²) in [6.45, 7) is 5.20. The van der Waals surface area contributed by atoms with E-state index in [4.69, 9.17) is 4.74 Å². The molecule has 1 aliphatic carbocycles. The van der Waals surface area contributed by atoms with Gasteiger partial charge in [-0.3, -0.25) is 0 Å². The van der Waals surface area contributed by atoms with E-state index in [1.165, 1.54) is 19.3 Å². The van der Waals surface area contributed by atoms with Crippen molar-refractivity contribution in [3.8, 4) is 0 Å². The molecule has 0 fully saturated rings. The van der Waals surface area contributed by atoms with Crippen molar-refractivity contribution in [2.24, 2.45) is 5.92 Å². The third-order valence-corrected chi connectivity index (χ3v) is 1.97. The van der Waals surface area contributed by atoms with Crippen molar-refractivity contribution < 1.29 is 4.74 Å². The average Bonchev–Trinajstić information content (AvgIpc) is 2.07. The minimum Gasteiger partial charge on any atom is -0.377 e. The van der Waals surface area contributed by atoms with E-state index in [1.54, 1.807) is 6.08 Å². The minimum absolute atomic E-state index is 0.695. The van der Waals surface area contributed by atoms with Gasteiger partial charge in [0.2, 0.25) is 0 Å². The highest BCUT2D eigenvalue weighted by Crippen LogP contribution is 2.17. The molecule has 0 aromatic rings. The van der Waals surface area contributed by atoms with Crippen molar-refractivity contribution in [3.63, 3.8) is 0 Å². The summed E-state index contributed by atoms with van der Waals surface area (Å²) in [5.74, 6) is 0.750. The quantitative estimate of drug-likeness (QED) is 0.444. The van der Waals surface area contributed by atoms with Crippen LogP contribution in [0.1, 0.15) is 19.3 Å². The molecular weight excluding hydrogens is 136 g/mol. The number of allylic oxidation sites excluding steroid dienone is 2. The lowest BCUT2D eigenvalue weighted by atomic mass is 9.95. The van der Waals surface area contributed by atoms with E-state index in [-0.39, 0.29) is 0 Å². The van der Waals surface area contributed by atoms with Gasteiger partial charge in [-0.1, -0.05) is 18.2 Å². The number of rotatable bonds is 4. The first-order chi connectivity index (χ1) is 5.43. The monoisotopic (exact) mass is 152 g/mol. The second kappa shape index (κ2) is 5.14. The fourth-order valence-electron chi connectivity index (χ4n) is 1.33. The SMILES string of the molecule is C=CCOCC1CC=CCC1. The molecule has 0 amide bonds. The van der Waals surface area contributed by atoms with Gasteiger partial charge in [0.05, 0.1) is 13.2 Å². The van der Waals surface area contributed by atoms with E-state index < -0.39 is 0 Å². The van der Waals surface area contributed by atoms with E-state index in [0.717, 1.165) is 12.5 Å². The van der Waals surface area contributed by atoms with Crippen molar-refractivity contribution in [1.29, 1.82) is 0 Å².